The fraction of sp³-hybridized carbons (Fsp3) is 0.600. The molecule has 1 aliphatic rings. The number of carbonyl (C=O) groups is 1. The summed E-state index contributed by atoms with van der Waals surface area (Å²) in [4.78, 5) is 16.1. The maximum atomic E-state index is 11.8. The Kier molecular flexibility index (Phi) is 5.73. The van der Waals surface area contributed by atoms with Gasteiger partial charge in [-0.1, -0.05) is 6.92 Å². The van der Waals surface area contributed by atoms with Crippen LogP contribution in [-0.4, -0.2) is 34.6 Å². The lowest BCUT2D eigenvalue weighted by molar-refractivity contribution is 0.0527. The van der Waals surface area contributed by atoms with E-state index in [1.165, 1.54) is 6.42 Å². The van der Waals surface area contributed by atoms with E-state index in [4.69, 9.17) is 10.5 Å². The minimum Gasteiger partial charge on any atom is -0.462 e. The summed E-state index contributed by atoms with van der Waals surface area (Å²) >= 11 is 2.01. The molecular formula is C15H23N3O2S. The number of rotatable bonds is 6. The standard InChI is InChI=1S/C15H23N3O2S/c1-3-20-15(19)12-7-8-17-14(13(12)16)18-10-5-6-11(9-10)21-4-2/h7-8,10-11H,3-6,9,16H2,1-2H3,(H,17,18). The van der Waals surface area contributed by atoms with Gasteiger partial charge in [0.05, 0.1) is 17.9 Å². The Morgan fingerprint density at radius 3 is 3.05 bits per heavy atom. The van der Waals surface area contributed by atoms with Gasteiger partial charge in [0, 0.05) is 17.5 Å². The van der Waals surface area contributed by atoms with E-state index in [2.05, 4.69) is 17.2 Å². The highest BCUT2D eigenvalue weighted by atomic mass is 32.2. The predicted octanol–water partition coefficient (Wildman–Crippen LogP) is 2.93. The van der Waals surface area contributed by atoms with Gasteiger partial charge in [-0.2, -0.15) is 11.8 Å². The van der Waals surface area contributed by atoms with Crippen LogP contribution in [0, 0.1) is 0 Å². The van der Waals surface area contributed by atoms with Crippen LogP contribution in [0.1, 0.15) is 43.5 Å². The molecule has 2 atom stereocenters. The third kappa shape index (κ3) is 4.03. The minimum absolute atomic E-state index is 0.335. The number of hydrogen-bond donors (Lipinski definition) is 2. The number of nitrogens with two attached hydrogens (primary N) is 1. The molecule has 0 spiro atoms. The van der Waals surface area contributed by atoms with E-state index in [1.54, 1.807) is 19.2 Å². The van der Waals surface area contributed by atoms with Crippen molar-refractivity contribution in [3.8, 4) is 0 Å². The summed E-state index contributed by atoms with van der Waals surface area (Å²) in [6, 6.07) is 1.98. The summed E-state index contributed by atoms with van der Waals surface area (Å²) in [5.74, 6) is 1.34. The first-order valence-corrected chi connectivity index (χ1v) is 8.50. The second kappa shape index (κ2) is 7.54. The van der Waals surface area contributed by atoms with Crippen molar-refractivity contribution in [2.75, 3.05) is 23.4 Å². The molecule has 1 aromatic heterocycles. The van der Waals surface area contributed by atoms with Crippen molar-refractivity contribution in [3.05, 3.63) is 17.8 Å². The number of carbonyl (C=O) groups excluding carboxylic acids is 1. The molecule has 0 amide bonds. The average molecular weight is 309 g/mol. The van der Waals surface area contributed by atoms with Gasteiger partial charge in [0.25, 0.3) is 0 Å². The first-order valence-electron chi connectivity index (χ1n) is 7.45. The SMILES string of the molecule is CCOC(=O)c1ccnc(NC2CCC(SCC)C2)c1N. The molecule has 1 fully saturated rings. The van der Waals surface area contributed by atoms with Crippen molar-refractivity contribution in [1.82, 2.24) is 4.98 Å². The van der Waals surface area contributed by atoms with Crippen LogP contribution >= 0.6 is 11.8 Å². The van der Waals surface area contributed by atoms with Gasteiger partial charge in [0.1, 0.15) is 5.82 Å². The Morgan fingerprint density at radius 1 is 1.52 bits per heavy atom. The van der Waals surface area contributed by atoms with E-state index >= 15 is 0 Å². The Morgan fingerprint density at radius 2 is 2.33 bits per heavy atom. The summed E-state index contributed by atoms with van der Waals surface area (Å²) in [5, 5.41) is 4.09. The molecule has 6 heteroatoms. The number of thioether (sulfide) groups is 1. The van der Waals surface area contributed by atoms with Crippen LogP contribution in [-0.2, 0) is 4.74 Å². The van der Waals surface area contributed by atoms with Gasteiger partial charge in [0.15, 0.2) is 0 Å². The number of nitrogens with zero attached hydrogens (tertiary/aromatic N) is 1. The molecule has 116 valence electrons. The first-order chi connectivity index (χ1) is 10.2. The zero-order chi connectivity index (χ0) is 15.2. The van der Waals surface area contributed by atoms with Gasteiger partial charge >= 0.3 is 5.97 Å². The van der Waals surface area contributed by atoms with Gasteiger partial charge in [0.2, 0.25) is 0 Å². The van der Waals surface area contributed by atoms with Crippen LogP contribution in [0.5, 0.6) is 0 Å². The minimum atomic E-state index is -0.397. The largest absolute Gasteiger partial charge is 0.462 e. The lowest BCUT2D eigenvalue weighted by Crippen LogP contribution is -2.19. The van der Waals surface area contributed by atoms with Gasteiger partial charge in [-0.3, -0.25) is 0 Å². The fourth-order valence-corrected chi connectivity index (χ4v) is 3.77. The van der Waals surface area contributed by atoms with Crippen molar-refractivity contribution in [2.24, 2.45) is 0 Å². The topological polar surface area (TPSA) is 77.2 Å². The van der Waals surface area contributed by atoms with Crippen LogP contribution < -0.4 is 11.1 Å². The summed E-state index contributed by atoms with van der Waals surface area (Å²) in [7, 11) is 0. The number of nitrogen functional groups attached to an aromatic ring is 1. The zero-order valence-electron chi connectivity index (χ0n) is 12.6. The van der Waals surface area contributed by atoms with E-state index in [0.717, 1.165) is 18.6 Å². The lowest BCUT2D eigenvalue weighted by atomic mass is 10.2. The first kappa shape index (κ1) is 15.9. The van der Waals surface area contributed by atoms with E-state index in [0.29, 0.717) is 35.0 Å². The molecule has 3 N–H and O–H groups in total. The molecule has 0 aromatic carbocycles. The van der Waals surface area contributed by atoms with Crippen LogP contribution in [0.2, 0.25) is 0 Å². The highest BCUT2D eigenvalue weighted by Crippen LogP contribution is 2.32. The van der Waals surface area contributed by atoms with E-state index in [-0.39, 0.29) is 0 Å². The monoisotopic (exact) mass is 309 g/mol. The van der Waals surface area contributed by atoms with Crippen molar-refractivity contribution in [3.63, 3.8) is 0 Å². The summed E-state index contributed by atoms with van der Waals surface area (Å²) in [6.45, 7) is 4.30. The maximum absolute atomic E-state index is 11.8. The van der Waals surface area contributed by atoms with Crippen molar-refractivity contribution in [2.45, 2.75) is 44.4 Å². The highest BCUT2D eigenvalue weighted by molar-refractivity contribution is 7.99. The fourth-order valence-electron chi connectivity index (χ4n) is 2.63. The molecule has 1 aromatic rings. The number of ether oxygens (including phenoxy) is 1. The van der Waals surface area contributed by atoms with Crippen LogP contribution in [0.15, 0.2) is 12.3 Å². The lowest BCUT2D eigenvalue weighted by Gasteiger charge is -2.16. The van der Waals surface area contributed by atoms with Crippen molar-refractivity contribution < 1.29 is 9.53 Å². The third-order valence-electron chi connectivity index (χ3n) is 3.61. The van der Waals surface area contributed by atoms with Gasteiger partial charge in [-0.25, -0.2) is 9.78 Å². The van der Waals surface area contributed by atoms with Crippen LogP contribution in [0.4, 0.5) is 11.5 Å². The number of aromatic nitrogens is 1. The summed E-state index contributed by atoms with van der Waals surface area (Å²) in [6.07, 6.45) is 5.04. The molecular weight excluding hydrogens is 286 g/mol. The predicted molar refractivity (Wildman–Crippen MR) is 87.8 cm³/mol. The van der Waals surface area contributed by atoms with Crippen LogP contribution in [0.3, 0.4) is 0 Å². The highest BCUT2D eigenvalue weighted by Gasteiger charge is 2.25. The molecule has 0 saturated heterocycles. The van der Waals surface area contributed by atoms with E-state index < -0.39 is 5.97 Å². The molecule has 1 heterocycles. The Balaban J connectivity index is 2.04. The Hall–Kier alpha value is -1.43. The maximum Gasteiger partial charge on any atom is 0.340 e. The number of hydrogen-bond acceptors (Lipinski definition) is 6. The number of esters is 1. The molecule has 2 rings (SSSR count). The van der Waals surface area contributed by atoms with Gasteiger partial charge < -0.3 is 15.8 Å². The number of pyridine rings is 1. The smallest absolute Gasteiger partial charge is 0.340 e. The molecule has 0 bridgehead atoms. The molecule has 1 saturated carbocycles. The van der Waals surface area contributed by atoms with E-state index in [9.17, 15) is 4.79 Å². The molecule has 0 radical (unpaired) electrons. The molecule has 0 aliphatic heterocycles. The average Bonchev–Trinajstić information content (AvgIpc) is 2.89. The summed E-state index contributed by atoms with van der Waals surface area (Å²) in [5.41, 5.74) is 6.81. The van der Waals surface area contributed by atoms with Crippen LogP contribution in [0.25, 0.3) is 0 Å². The van der Waals surface area contributed by atoms with Gasteiger partial charge in [-0.05, 0) is 38.0 Å². The van der Waals surface area contributed by atoms with Crippen molar-refractivity contribution in [1.29, 1.82) is 0 Å². The Bertz CT molecular complexity index is 496. The second-order valence-electron chi connectivity index (χ2n) is 5.07. The molecule has 1 aliphatic carbocycles. The second-order valence-corrected chi connectivity index (χ2v) is 6.65. The molecule has 21 heavy (non-hydrogen) atoms. The molecule has 5 nitrogen and oxygen atoms in total. The normalized spacial score (nSPS) is 21.2. The van der Waals surface area contributed by atoms with E-state index in [1.807, 2.05) is 11.8 Å². The third-order valence-corrected chi connectivity index (χ3v) is 4.85. The number of nitrogens with one attached hydrogen (secondary N) is 1. The summed E-state index contributed by atoms with van der Waals surface area (Å²) < 4.78 is 5.00. The molecule has 2 unspecified atom stereocenters. The quantitative estimate of drug-likeness (QED) is 0.787. The van der Waals surface area contributed by atoms with Crippen molar-refractivity contribution >= 4 is 29.2 Å². The number of anilines is 2. The Labute approximate surface area is 130 Å². The zero-order valence-corrected chi connectivity index (χ0v) is 13.4. The van der Waals surface area contributed by atoms with Gasteiger partial charge in [-0.15, -0.1) is 0 Å².